The fraction of sp³-hybridized carbons (Fsp3) is 0.385. The summed E-state index contributed by atoms with van der Waals surface area (Å²) >= 11 is 0. The molecule has 1 unspecified atom stereocenters. The van der Waals surface area contributed by atoms with E-state index in [-0.39, 0.29) is 11.6 Å². The van der Waals surface area contributed by atoms with Gasteiger partial charge in [-0.2, -0.15) is 0 Å². The van der Waals surface area contributed by atoms with Crippen LogP contribution < -0.4 is 5.32 Å². The fourth-order valence-corrected chi connectivity index (χ4v) is 1.86. The summed E-state index contributed by atoms with van der Waals surface area (Å²) in [5.74, 6) is -1.01. The highest BCUT2D eigenvalue weighted by atomic mass is 19.1. The Morgan fingerprint density at radius 1 is 1.32 bits per heavy atom. The average Bonchev–Trinajstić information content (AvgIpc) is 2.77. The molecule has 2 rings (SSSR count). The fourth-order valence-electron chi connectivity index (χ4n) is 1.86. The van der Waals surface area contributed by atoms with Crippen LogP contribution in [0.5, 0.6) is 0 Å². The van der Waals surface area contributed by atoms with Crippen molar-refractivity contribution in [2.24, 2.45) is 7.05 Å². The maximum atomic E-state index is 13.5. The Morgan fingerprint density at radius 2 is 2.00 bits per heavy atom. The molecule has 1 atom stereocenters. The number of aromatic nitrogens is 3. The molecular formula is C13H16F2N4. The Labute approximate surface area is 110 Å². The van der Waals surface area contributed by atoms with E-state index in [2.05, 4.69) is 15.6 Å². The minimum atomic E-state index is -0.504. The van der Waals surface area contributed by atoms with Crippen LogP contribution in [-0.2, 0) is 20.0 Å². The van der Waals surface area contributed by atoms with Gasteiger partial charge in [0, 0.05) is 25.2 Å². The quantitative estimate of drug-likeness (QED) is 0.897. The molecule has 1 aromatic heterocycles. The molecule has 0 aliphatic rings. The summed E-state index contributed by atoms with van der Waals surface area (Å²) < 4.78 is 28.6. The van der Waals surface area contributed by atoms with Crippen LogP contribution >= 0.6 is 0 Å². The van der Waals surface area contributed by atoms with E-state index in [1.54, 1.807) is 17.9 Å². The highest BCUT2D eigenvalue weighted by Gasteiger charge is 2.12. The van der Waals surface area contributed by atoms with E-state index >= 15 is 0 Å². The van der Waals surface area contributed by atoms with Crippen molar-refractivity contribution < 1.29 is 8.78 Å². The van der Waals surface area contributed by atoms with Gasteiger partial charge in [-0.25, -0.2) is 8.78 Å². The summed E-state index contributed by atoms with van der Waals surface area (Å²) in [6.45, 7) is 2.44. The molecule has 0 aliphatic carbocycles. The monoisotopic (exact) mass is 266 g/mol. The van der Waals surface area contributed by atoms with Crippen molar-refractivity contribution in [2.75, 3.05) is 0 Å². The molecule has 2 aromatic rings. The predicted molar refractivity (Wildman–Crippen MR) is 67.4 cm³/mol. The summed E-state index contributed by atoms with van der Waals surface area (Å²) in [5.41, 5.74) is 1.03. The Hall–Kier alpha value is -1.82. The topological polar surface area (TPSA) is 42.7 Å². The van der Waals surface area contributed by atoms with Gasteiger partial charge in [0.05, 0.1) is 11.9 Å². The van der Waals surface area contributed by atoms with E-state index in [1.165, 1.54) is 18.2 Å². The molecule has 102 valence electrons. The molecule has 0 fully saturated rings. The van der Waals surface area contributed by atoms with E-state index < -0.39 is 11.6 Å². The van der Waals surface area contributed by atoms with Crippen LogP contribution in [0.4, 0.5) is 8.78 Å². The molecule has 0 saturated carbocycles. The number of rotatable bonds is 5. The third-order valence-electron chi connectivity index (χ3n) is 3.01. The van der Waals surface area contributed by atoms with Crippen LogP contribution in [0.2, 0.25) is 0 Å². The van der Waals surface area contributed by atoms with Gasteiger partial charge in [0.1, 0.15) is 11.6 Å². The van der Waals surface area contributed by atoms with Gasteiger partial charge in [-0.05, 0) is 25.5 Å². The lowest BCUT2D eigenvalue weighted by molar-refractivity contribution is 0.490. The summed E-state index contributed by atoms with van der Waals surface area (Å²) in [6, 6.07) is 3.86. The highest BCUT2D eigenvalue weighted by molar-refractivity contribution is 5.20. The van der Waals surface area contributed by atoms with Crippen LogP contribution in [0, 0.1) is 11.6 Å². The van der Waals surface area contributed by atoms with Crippen LogP contribution in [0.3, 0.4) is 0 Å². The van der Waals surface area contributed by atoms with Gasteiger partial charge in [0.15, 0.2) is 0 Å². The zero-order valence-electron chi connectivity index (χ0n) is 10.9. The second-order valence-electron chi connectivity index (χ2n) is 4.54. The molecule has 0 radical (unpaired) electrons. The molecule has 0 bridgehead atoms. The van der Waals surface area contributed by atoms with Crippen molar-refractivity contribution in [1.82, 2.24) is 20.3 Å². The zero-order chi connectivity index (χ0) is 13.8. The Balaban J connectivity index is 1.94. The van der Waals surface area contributed by atoms with Gasteiger partial charge in [0.2, 0.25) is 0 Å². The first-order valence-corrected chi connectivity index (χ1v) is 6.07. The second kappa shape index (κ2) is 5.88. The van der Waals surface area contributed by atoms with Crippen LogP contribution in [-0.4, -0.2) is 21.0 Å². The van der Waals surface area contributed by atoms with E-state index in [0.717, 1.165) is 5.69 Å². The van der Waals surface area contributed by atoms with Crippen LogP contribution in [0.1, 0.15) is 18.2 Å². The number of halogens is 2. The molecule has 0 amide bonds. The largest absolute Gasteiger partial charge is 0.308 e. The first kappa shape index (κ1) is 13.6. The van der Waals surface area contributed by atoms with Gasteiger partial charge in [-0.3, -0.25) is 4.68 Å². The molecule has 0 saturated heterocycles. The molecule has 6 heteroatoms. The van der Waals surface area contributed by atoms with Gasteiger partial charge in [0.25, 0.3) is 0 Å². The molecule has 19 heavy (non-hydrogen) atoms. The molecule has 0 spiro atoms. The first-order valence-electron chi connectivity index (χ1n) is 6.07. The van der Waals surface area contributed by atoms with Crippen molar-refractivity contribution in [3.05, 3.63) is 47.3 Å². The number of benzene rings is 1. The minimum Gasteiger partial charge on any atom is -0.308 e. The van der Waals surface area contributed by atoms with Crippen molar-refractivity contribution in [3.8, 4) is 0 Å². The maximum absolute atomic E-state index is 13.5. The smallest absolute Gasteiger partial charge is 0.129 e. The van der Waals surface area contributed by atoms with Crippen molar-refractivity contribution in [1.29, 1.82) is 0 Å². The van der Waals surface area contributed by atoms with Crippen molar-refractivity contribution in [2.45, 2.75) is 25.9 Å². The summed E-state index contributed by atoms with van der Waals surface area (Å²) in [6.07, 6.45) is 1.95. The molecule has 4 nitrogen and oxygen atoms in total. The van der Waals surface area contributed by atoms with Gasteiger partial charge in [-0.1, -0.05) is 11.3 Å². The van der Waals surface area contributed by atoms with E-state index in [0.29, 0.717) is 13.0 Å². The van der Waals surface area contributed by atoms with Gasteiger partial charge in [-0.15, -0.1) is 5.10 Å². The van der Waals surface area contributed by atoms with Gasteiger partial charge < -0.3 is 5.32 Å². The molecule has 1 N–H and O–H groups in total. The lowest BCUT2D eigenvalue weighted by atomic mass is 10.1. The van der Waals surface area contributed by atoms with Crippen molar-refractivity contribution >= 4 is 0 Å². The first-order chi connectivity index (χ1) is 9.08. The Morgan fingerprint density at radius 3 is 2.58 bits per heavy atom. The third kappa shape index (κ3) is 3.35. The van der Waals surface area contributed by atoms with E-state index in [4.69, 9.17) is 0 Å². The average molecular weight is 266 g/mol. The lowest BCUT2D eigenvalue weighted by Gasteiger charge is -2.14. The second-order valence-corrected chi connectivity index (χ2v) is 4.54. The Bertz CT molecular complexity index is 533. The highest BCUT2D eigenvalue weighted by Crippen LogP contribution is 2.14. The third-order valence-corrected chi connectivity index (χ3v) is 3.01. The Kier molecular flexibility index (Phi) is 4.21. The van der Waals surface area contributed by atoms with Crippen LogP contribution in [0.25, 0.3) is 0 Å². The van der Waals surface area contributed by atoms with Crippen LogP contribution in [0.15, 0.2) is 24.4 Å². The minimum absolute atomic E-state index is 0.0544. The standard InChI is InChI=1S/C13H16F2N4/c1-9(16-7-10-8-17-18-19(10)2)6-11-12(14)4-3-5-13(11)15/h3-5,8-9,16H,6-7H2,1-2H3. The summed E-state index contributed by atoms with van der Waals surface area (Å²) in [7, 11) is 1.80. The van der Waals surface area contributed by atoms with Gasteiger partial charge >= 0.3 is 0 Å². The SMILES string of the molecule is CC(Cc1c(F)cccc1F)NCc1cnnn1C. The molecular weight excluding hydrogens is 250 g/mol. The zero-order valence-corrected chi connectivity index (χ0v) is 10.9. The molecule has 1 aromatic carbocycles. The number of hydrogen-bond acceptors (Lipinski definition) is 3. The normalized spacial score (nSPS) is 12.6. The van der Waals surface area contributed by atoms with E-state index in [9.17, 15) is 8.78 Å². The summed E-state index contributed by atoms with van der Waals surface area (Å²) in [4.78, 5) is 0. The number of nitrogens with zero attached hydrogens (tertiary/aromatic N) is 3. The number of aryl methyl sites for hydroxylation is 1. The van der Waals surface area contributed by atoms with Crippen molar-refractivity contribution in [3.63, 3.8) is 0 Å². The predicted octanol–water partition coefficient (Wildman–Crippen LogP) is 1.81. The number of nitrogens with one attached hydrogen (secondary N) is 1. The summed E-state index contributed by atoms with van der Waals surface area (Å²) in [5, 5.41) is 10.8. The molecule has 1 heterocycles. The maximum Gasteiger partial charge on any atom is 0.129 e. The number of hydrogen-bond donors (Lipinski definition) is 1. The van der Waals surface area contributed by atoms with E-state index in [1.807, 2.05) is 6.92 Å². The molecule has 0 aliphatic heterocycles. The lowest BCUT2D eigenvalue weighted by Crippen LogP contribution is -2.29.